The SMILES string of the molecule is COCCNCCNC(=O)c1ccc(=O)oc1. The van der Waals surface area contributed by atoms with E-state index in [1.54, 1.807) is 7.11 Å². The van der Waals surface area contributed by atoms with E-state index < -0.39 is 5.63 Å². The van der Waals surface area contributed by atoms with E-state index in [1.165, 1.54) is 12.1 Å². The highest BCUT2D eigenvalue weighted by molar-refractivity contribution is 5.93. The van der Waals surface area contributed by atoms with Crippen LogP contribution in [0.1, 0.15) is 10.4 Å². The zero-order valence-corrected chi connectivity index (χ0v) is 9.69. The summed E-state index contributed by atoms with van der Waals surface area (Å²) in [6.07, 6.45) is 1.15. The van der Waals surface area contributed by atoms with Gasteiger partial charge in [-0.15, -0.1) is 0 Å². The molecule has 1 heterocycles. The maximum atomic E-state index is 11.5. The fraction of sp³-hybridized carbons (Fsp3) is 0.455. The van der Waals surface area contributed by atoms with Crippen LogP contribution in [0.25, 0.3) is 0 Å². The Labute approximate surface area is 99.0 Å². The first-order valence-corrected chi connectivity index (χ1v) is 5.31. The highest BCUT2D eigenvalue weighted by Gasteiger charge is 2.04. The number of ether oxygens (including phenoxy) is 1. The molecular weight excluding hydrogens is 224 g/mol. The van der Waals surface area contributed by atoms with Crippen LogP contribution < -0.4 is 16.3 Å². The maximum absolute atomic E-state index is 11.5. The first-order valence-electron chi connectivity index (χ1n) is 5.31. The molecule has 17 heavy (non-hydrogen) atoms. The predicted octanol–water partition coefficient (Wildman–Crippen LogP) is -0.394. The molecule has 0 radical (unpaired) electrons. The fourth-order valence-corrected chi connectivity index (χ4v) is 1.15. The Morgan fingerprint density at radius 2 is 2.18 bits per heavy atom. The standard InChI is InChI=1S/C11H16N2O4/c1-16-7-6-12-4-5-13-11(15)9-2-3-10(14)17-8-9/h2-3,8,12H,4-7H2,1H3,(H,13,15). The van der Waals surface area contributed by atoms with Crippen molar-refractivity contribution < 1.29 is 13.9 Å². The largest absolute Gasteiger partial charge is 0.430 e. The van der Waals surface area contributed by atoms with Crippen molar-refractivity contribution in [2.75, 3.05) is 33.4 Å². The molecule has 0 atom stereocenters. The minimum absolute atomic E-state index is 0.262. The van der Waals surface area contributed by atoms with Gasteiger partial charge in [0.1, 0.15) is 6.26 Å². The lowest BCUT2D eigenvalue weighted by atomic mass is 10.3. The van der Waals surface area contributed by atoms with Gasteiger partial charge < -0.3 is 19.8 Å². The van der Waals surface area contributed by atoms with E-state index in [-0.39, 0.29) is 5.91 Å². The second-order valence-electron chi connectivity index (χ2n) is 3.34. The van der Waals surface area contributed by atoms with Crippen LogP contribution in [0.5, 0.6) is 0 Å². The van der Waals surface area contributed by atoms with Crippen molar-refractivity contribution in [2.24, 2.45) is 0 Å². The molecule has 94 valence electrons. The maximum Gasteiger partial charge on any atom is 0.335 e. The van der Waals surface area contributed by atoms with Crippen LogP contribution in [0.4, 0.5) is 0 Å². The van der Waals surface area contributed by atoms with Crippen LogP contribution in [-0.2, 0) is 4.74 Å². The van der Waals surface area contributed by atoms with Crippen molar-refractivity contribution in [3.8, 4) is 0 Å². The molecule has 1 aromatic heterocycles. The molecule has 0 saturated heterocycles. The van der Waals surface area contributed by atoms with Crippen molar-refractivity contribution >= 4 is 5.91 Å². The lowest BCUT2D eigenvalue weighted by molar-refractivity contribution is 0.0951. The Morgan fingerprint density at radius 1 is 1.35 bits per heavy atom. The van der Waals surface area contributed by atoms with Crippen LogP contribution in [-0.4, -0.2) is 39.3 Å². The molecule has 0 fully saturated rings. The molecule has 1 rings (SSSR count). The van der Waals surface area contributed by atoms with E-state index in [9.17, 15) is 9.59 Å². The number of carbonyl (C=O) groups is 1. The second-order valence-corrected chi connectivity index (χ2v) is 3.34. The lowest BCUT2D eigenvalue weighted by Gasteiger charge is -2.05. The number of methoxy groups -OCH3 is 1. The van der Waals surface area contributed by atoms with Gasteiger partial charge in [-0.1, -0.05) is 0 Å². The molecular formula is C11H16N2O4. The fourth-order valence-electron chi connectivity index (χ4n) is 1.15. The Bertz CT molecular complexity index is 382. The van der Waals surface area contributed by atoms with Gasteiger partial charge >= 0.3 is 5.63 Å². The van der Waals surface area contributed by atoms with Gasteiger partial charge in [0.05, 0.1) is 12.2 Å². The number of hydrogen-bond donors (Lipinski definition) is 2. The molecule has 1 amide bonds. The van der Waals surface area contributed by atoms with Crippen molar-refractivity contribution in [3.05, 3.63) is 34.4 Å². The summed E-state index contributed by atoms with van der Waals surface area (Å²) in [4.78, 5) is 22.2. The summed E-state index contributed by atoms with van der Waals surface area (Å²) in [7, 11) is 1.63. The Balaban J connectivity index is 2.21. The predicted molar refractivity (Wildman–Crippen MR) is 62.1 cm³/mol. The first kappa shape index (κ1) is 13.4. The minimum Gasteiger partial charge on any atom is -0.430 e. The highest BCUT2D eigenvalue weighted by Crippen LogP contribution is 1.93. The molecule has 6 nitrogen and oxygen atoms in total. The highest BCUT2D eigenvalue weighted by atomic mass is 16.5. The molecule has 2 N–H and O–H groups in total. The summed E-state index contributed by atoms with van der Waals surface area (Å²) in [5.41, 5.74) is -0.135. The van der Waals surface area contributed by atoms with E-state index in [1.807, 2.05) is 0 Å². The van der Waals surface area contributed by atoms with Crippen molar-refractivity contribution in [1.82, 2.24) is 10.6 Å². The summed E-state index contributed by atoms with van der Waals surface area (Å²) in [6.45, 7) is 2.54. The average molecular weight is 240 g/mol. The molecule has 0 aliphatic rings. The van der Waals surface area contributed by atoms with Gasteiger partial charge in [0.2, 0.25) is 0 Å². The molecule has 1 aromatic rings. The van der Waals surface area contributed by atoms with E-state index in [0.717, 1.165) is 12.8 Å². The molecule has 0 unspecified atom stereocenters. The summed E-state index contributed by atoms with van der Waals surface area (Å²) < 4.78 is 9.45. The monoisotopic (exact) mass is 240 g/mol. The number of amides is 1. The van der Waals surface area contributed by atoms with Crippen LogP contribution in [0.3, 0.4) is 0 Å². The molecule has 0 bridgehead atoms. The molecule has 0 spiro atoms. The van der Waals surface area contributed by atoms with Gasteiger partial charge in [-0.25, -0.2) is 4.79 Å². The van der Waals surface area contributed by atoms with E-state index in [2.05, 4.69) is 15.1 Å². The van der Waals surface area contributed by atoms with Crippen LogP contribution in [0.2, 0.25) is 0 Å². The van der Waals surface area contributed by atoms with Crippen molar-refractivity contribution in [2.45, 2.75) is 0 Å². The molecule has 0 aliphatic heterocycles. The lowest BCUT2D eigenvalue weighted by Crippen LogP contribution is -2.33. The molecule has 0 aromatic carbocycles. The zero-order chi connectivity index (χ0) is 12.5. The topological polar surface area (TPSA) is 80.6 Å². The molecule has 6 heteroatoms. The Hall–Kier alpha value is -1.66. The van der Waals surface area contributed by atoms with E-state index >= 15 is 0 Å². The second kappa shape index (κ2) is 7.59. The van der Waals surface area contributed by atoms with E-state index in [0.29, 0.717) is 25.3 Å². The third kappa shape index (κ3) is 5.28. The minimum atomic E-state index is -0.470. The summed E-state index contributed by atoms with van der Waals surface area (Å²) in [6, 6.07) is 2.64. The number of carbonyl (C=O) groups excluding carboxylic acids is 1. The summed E-state index contributed by atoms with van der Waals surface area (Å²) in [5.74, 6) is -0.262. The summed E-state index contributed by atoms with van der Waals surface area (Å²) >= 11 is 0. The van der Waals surface area contributed by atoms with Crippen LogP contribution in [0, 0.1) is 0 Å². The molecule has 0 aliphatic carbocycles. The Kier molecular flexibility index (Phi) is 5.98. The smallest absolute Gasteiger partial charge is 0.335 e. The number of nitrogens with one attached hydrogen (secondary N) is 2. The van der Waals surface area contributed by atoms with Gasteiger partial charge in [-0.3, -0.25) is 4.79 Å². The van der Waals surface area contributed by atoms with Crippen molar-refractivity contribution in [3.63, 3.8) is 0 Å². The van der Waals surface area contributed by atoms with Gasteiger partial charge in [0.25, 0.3) is 5.91 Å². The number of hydrogen-bond acceptors (Lipinski definition) is 5. The van der Waals surface area contributed by atoms with E-state index in [4.69, 9.17) is 4.74 Å². The third-order valence-electron chi connectivity index (χ3n) is 2.03. The van der Waals surface area contributed by atoms with Crippen LogP contribution in [0.15, 0.2) is 27.6 Å². The first-order chi connectivity index (χ1) is 8.24. The summed E-state index contributed by atoms with van der Waals surface area (Å²) in [5, 5.41) is 5.78. The average Bonchev–Trinajstić information content (AvgIpc) is 2.34. The van der Waals surface area contributed by atoms with Crippen LogP contribution >= 0.6 is 0 Å². The molecule has 0 saturated carbocycles. The third-order valence-corrected chi connectivity index (χ3v) is 2.03. The Morgan fingerprint density at radius 3 is 2.82 bits per heavy atom. The quantitative estimate of drug-likeness (QED) is 0.634. The van der Waals surface area contributed by atoms with Gasteiger partial charge in [-0.2, -0.15) is 0 Å². The van der Waals surface area contributed by atoms with Gasteiger partial charge in [0, 0.05) is 32.8 Å². The zero-order valence-electron chi connectivity index (χ0n) is 9.69. The number of rotatable bonds is 7. The normalized spacial score (nSPS) is 10.2. The van der Waals surface area contributed by atoms with Gasteiger partial charge in [0.15, 0.2) is 0 Å². The van der Waals surface area contributed by atoms with Crippen molar-refractivity contribution in [1.29, 1.82) is 0 Å². The van der Waals surface area contributed by atoms with Gasteiger partial charge in [-0.05, 0) is 6.07 Å².